The van der Waals surface area contributed by atoms with Crippen LogP contribution in [0.2, 0.25) is 0 Å². The molecule has 20 heavy (non-hydrogen) atoms. The first-order chi connectivity index (χ1) is 9.63. The van der Waals surface area contributed by atoms with E-state index in [0.717, 1.165) is 39.0 Å². The lowest BCUT2D eigenvalue weighted by molar-refractivity contribution is -0.168. The maximum atomic E-state index is 8.41. The first kappa shape index (κ1) is 19.8. The summed E-state index contributed by atoms with van der Waals surface area (Å²) in [5.74, 6) is 0.931. The Kier molecular flexibility index (Phi) is 13.6. The highest BCUT2D eigenvalue weighted by atomic mass is 16.7. The average molecular weight is 290 g/mol. The van der Waals surface area contributed by atoms with Gasteiger partial charge in [0.1, 0.15) is 0 Å². The quantitative estimate of drug-likeness (QED) is 0.630. The number of hydrogen-bond acceptors (Lipinski definition) is 5. The predicted molar refractivity (Wildman–Crippen MR) is 82.3 cm³/mol. The third kappa shape index (κ3) is 11.6. The minimum absolute atomic E-state index is 0.0500. The van der Waals surface area contributed by atoms with Crippen LogP contribution in [-0.2, 0) is 9.47 Å². The minimum Gasteiger partial charge on any atom is -0.396 e. The van der Waals surface area contributed by atoms with Crippen molar-refractivity contribution in [2.75, 3.05) is 32.9 Å². The van der Waals surface area contributed by atoms with E-state index < -0.39 is 0 Å². The van der Waals surface area contributed by atoms with Gasteiger partial charge in [0.25, 0.3) is 0 Å². The van der Waals surface area contributed by atoms with Crippen molar-refractivity contribution < 1.29 is 14.6 Å². The molecule has 5 N–H and O–H groups in total. The van der Waals surface area contributed by atoms with E-state index in [0.29, 0.717) is 18.4 Å². The Balaban J connectivity index is 0.000000441. The Bertz CT molecular complexity index is 200. The van der Waals surface area contributed by atoms with Gasteiger partial charge in [-0.3, -0.25) is 0 Å². The van der Waals surface area contributed by atoms with E-state index in [1.807, 2.05) is 6.92 Å². The number of hydrogen-bond donors (Lipinski definition) is 3. The molecule has 5 nitrogen and oxygen atoms in total. The summed E-state index contributed by atoms with van der Waals surface area (Å²) in [4.78, 5) is 0. The molecule has 0 aliphatic carbocycles. The molecular weight excluding hydrogens is 256 g/mol. The number of aliphatic hydroxyl groups is 1. The lowest BCUT2D eigenvalue weighted by Gasteiger charge is -2.24. The molecule has 0 aromatic carbocycles. The van der Waals surface area contributed by atoms with Crippen LogP contribution < -0.4 is 11.5 Å². The molecule has 3 unspecified atom stereocenters. The maximum absolute atomic E-state index is 8.41. The first-order valence-corrected chi connectivity index (χ1v) is 7.88. The van der Waals surface area contributed by atoms with Crippen molar-refractivity contribution in [3.05, 3.63) is 0 Å². The van der Waals surface area contributed by atoms with Crippen molar-refractivity contribution in [1.82, 2.24) is 0 Å². The summed E-state index contributed by atoms with van der Waals surface area (Å²) in [5, 5.41) is 8.41. The van der Waals surface area contributed by atoms with E-state index in [1.165, 1.54) is 12.8 Å². The Morgan fingerprint density at radius 2 is 1.80 bits per heavy atom. The van der Waals surface area contributed by atoms with Gasteiger partial charge in [0.2, 0.25) is 0 Å². The SMILES string of the molecule is CC(CCN)COC1CCCCO1.CC(CO)CCN. The summed E-state index contributed by atoms with van der Waals surface area (Å²) < 4.78 is 11.1. The Hall–Kier alpha value is -0.200. The summed E-state index contributed by atoms with van der Waals surface area (Å²) in [6.07, 6.45) is 5.47. The van der Waals surface area contributed by atoms with Crippen LogP contribution in [0.5, 0.6) is 0 Å². The fraction of sp³-hybridized carbons (Fsp3) is 1.00. The summed E-state index contributed by atoms with van der Waals surface area (Å²) in [7, 11) is 0. The Morgan fingerprint density at radius 3 is 2.25 bits per heavy atom. The van der Waals surface area contributed by atoms with Gasteiger partial charge in [-0.2, -0.15) is 0 Å². The number of rotatable bonds is 8. The van der Waals surface area contributed by atoms with Crippen LogP contribution in [-0.4, -0.2) is 44.3 Å². The zero-order chi connectivity index (χ0) is 15.2. The van der Waals surface area contributed by atoms with E-state index in [4.69, 9.17) is 26.0 Å². The molecule has 0 spiro atoms. The molecular formula is C15H34N2O3. The molecule has 0 aromatic heterocycles. The second-order valence-corrected chi connectivity index (χ2v) is 5.68. The lowest BCUT2D eigenvalue weighted by atomic mass is 10.1. The van der Waals surface area contributed by atoms with Crippen LogP contribution in [0.4, 0.5) is 0 Å². The van der Waals surface area contributed by atoms with E-state index in [9.17, 15) is 0 Å². The van der Waals surface area contributed by atoms with Crippen LogP contribution in [0.25, 0.3) is 0 Å². The van der Waals surface area contributed by atoms with Crippen LogP contribution in [0, 0.1) is 11.8 Å². The monoisotopic (exact) mass is 290 g/mol. The van der Waals surface area contributed by atoms with Crippen molar-refractivity contribution in [1.29, 1.82) is 0 Å². The Labute approximate surface area is 124 Å². The molecule has 122 valence electrons. The lowest BCUT2D eigenvalue weighted by Crippen LogP contribution is -2.25. The molecule has 1 saturated heterocycles. The maximum Gasteiger partial charge on any atom is 0.157 e. The fourth-order valence-electron chi connectivity index (χ4n) is 1.86. The average Bonchev–Trinajstić information content (AvgIpc) is 2.47. The van der Waals surface area contributed by atoms with Gasteiger partial charge in [-0.15, -0.1) is 0 Å². The highest BCUT2D eigenvalue weighted by Gasteiger charge is 2.14. The highest BCUT2D eigenvalue weighted by Crippen LogP contribution is 2.15. The summed E-state index contributed by atoms with van der Waals surface area (Å²) in [6, 6.07) is 0. The standard InChI is InChI=1S/C10H21NO2.C5H13NO/c1-9(5-6-11)8-13-10-4-2-3-7-12-10;1-5(4-7)2-3-6/h9-10H,2-8,11H2,1H3;5,7H,2-4,6H2,1H3. The van der Waals surface area contributed by atoms with Crippen LogP contribution in [0.1, 0.15) is 46.0 Å². The smallest absolute Gasteiger partial charge is 0.157 e. The molecule has 0 radical (unpaired) electrons. The van der Waals surface area contributed by atoms with Crippen LogP contribution >= 0.6 is 0 Å². The molecule has 3 atom stereocenters. The van der Waals surface area contributed by atoms with Crippen LogP contribution in [0.3, 0.4) is 0 Å². The number of aliphatic hydroxyl groups excluding tert-OH is 1. The van der Waals surface area contributed by atoms with Crippen molar-refractivity contribution in [3.8, 4) is 0 Å². The summed E-state index contributed by atoms with van der Waals surface area (Å²) in [6.45, 7) is 7.47. The molecule has 1 rings (SSSR count). The molecule has 0 bridgehead atoms. The fourth-order valence-corrected chi connectivity index (χ4v) is 1.86. The van der Waals surface area contributed by atoms with Crippen molar-refractivity contribution in [2.45, 2.75) is 52.2 Å². The van der Waals surface area contributed by atoms with Gasteiger partial charge in [0, 0.05) is 13.2 Å². The van der Waals surface area contributed by atoms with Gasteiger partial charge in [0.05, 0.1) is 6.61 Å². The van der Waals surface area contributed by atoms with Crippen molar-refractivity contribution >= 4 is 0 Å². The van der Waals surface area contributed by atoms with Gasteiger partial charge in [-0.1, -0.05) is 13.8 Å². The van der Waals surface area contributed by atoms with Crippen molar-refractivity contribution in [2.24, 2.45) is 23.3 Å². The van der Waals surface area contributed by atoms with Gasteiger partial charge in [0.15, 0.2) is 6.29 Å². The van der Waals surface area contributed by atoms with Gasteiger partial charge >= 0.3 is 0 Å². The third-order valence-electron chi connectivity index (χ3n) is 3.34. The second-order valence-electron chi connectivity index (χ2n) is 5.68. The second kappa shape index (κ2) is 13.8. The van der Waals surface area contributed by atoms with Crippen LogP contribution in [0.15, 0.2) is 0 Å². The van der Waals surface area contributed by atoms with E-state index in [-0.39, 0.29) is 12.9 Å². The third-order valence-corrected chi connectivity index (χ3v) is 3.34. The topological polar surface area (TPSA) is 90.7 Å². The molecule has 1 aliphatic heterocycles. The molecule has 0 amide bonds. The highest BCUT2D eigenvalue weighted by molar-refractivity contribution is 4.57. The minimum atomic E-state index is 0.0500. The van der Waals surface area contributed by atoms with E-state index in [2.05, 4.69) is 6.92 Å². The normalized spacial score (nSPS) is 21.8. The molecule has 5 heteroatoms. The van der Waals surface area contributed by atoms with Gasteiger partial charge in [-0.05, 0) is 57.0 Å². The number of nitrogens with two attached hydrogens (primary N) is 2. The summed E-state index contributed by atoms with van der Waals surface area (Å²) in [5.41, 5.74) is 10.6. The molecule has 1 heterocycles. The summed E-state index contributed by atoms with van der Waals surface area (Å²) >= 11 is 0. The largest absolute Gasteiger partial charge is 0.396 e. The molecule has 1 aliphatic rings. The van der Waals surface area contributed by atoms with E-state index >= 15 is 0 Å². The van der Waals surface area contributed by atoms with Gasteiger partial charge in [-0.25, -0.2) is 0 Å². The molecule has 0 saturated carbocycles. The Morgan fingerprint density at radius 1 is 1.15 bits per heavy atom. The predicted octanol–water partition coefficient (Wildman–Crippen LogP) is 1.48. The molecule has 0 aromatic rings. The zero-order valence-corrected chi connectivity index (χ0v) is 13.2. The molecule has 1 fully saturated rings. The number of ether oxygens (including phenoxy) is 2. The van der Waals surface area contributed by atoms with Gasteiger partial charge < -0.3 is 26.0 Å². The van der Waals surface area contributed by atoms with E-state index in [1.54, 1.807) is 0 Å². The first-order valence-electron chi connectivity index (χ1n) is 7.88. The van der Waals surface area contributed by atoms with Crippen molar-refractivity contribution in [3.63, 3.8) is 0 Å². The zero-order valence-electron chi connectivity index (χ0n) is 13.2.